The van der Waals surface area contributed by atoms with Crippen molar-refractivity contribution in [2.45, 2.75) is 45.1 Å². The summed E-state index contributed by atoms with van der Waals surface area (Å²) < 4.78 is 13.8. The summed E-state index contributed by atoms with van der Waals surface area (Å²) in [5, 5.41) is 12.1. The number of halogens is 1. The molecule has 1 aliphatic carbocycles. The van der Waals surface area contributed by atoms with E-state index in [1.165, 1.54) is 23.3 Å². The van der Waals surface area contributed by atoms with Crippen LogP contribution < -0.4 is 0 Å². The molecule has 0 saturated carbocycles. The van der Waals surface area contributed by atoms with E-state index in [2.05, 4.69) is 52.0 Å². The Hall–Kier alpha value is -2.45. The molecule has 0 fully saturated rings. The standard InChI is InChI=1S/C25H25FO/c1-16-8-10-22-20(12-16)21-13-17(2)9-11-23(21)25(27,24(22,3)4)15-18-6-5-7-19(26)14-18/h5-14,27H,15H2,1-4H3. The minimum atomic E-state index is -1.13. The Morgan fingerprint density at radius 1 is 0.815 bits per heavy atom. The van der Waals surface area contributed by atoms with Gasteiger partial charge in [-0.25, -0.2) is 4.39 Å². The van der Waals surface area contributed by atoms with Gasteiger partial charge in [0.2, 0.25) is 0 Å². The van der Waals surface area contributed by atoms with Gasteiger partial charge >= 0.3 is 0 Å². The molecule has 1 nitrogen and oxygen atoms in total. The number of benzene rings is 3. The number of aliphatic hydroxyl groups is 1. The summed E-state index contributed by atoms with van der Waals surface area (Å²) in [6, 6.07) is 19.2. The molecule has 0 bridgehead atoms. The fourth-order valence-corrected chi connectivity index (χ4v) is 4.49. The van der Waals surface area contributed by atoms with Crippen molar-refractivity contribution >= 4 is 0 Å². The van der Waals surface area contributed by atoms with Gasteiger partial charge in [-0.2, -0.15) is 0 Å². The van der Waals surface area contributed by atoms with Crippen molar-refractivity contribution in [2.75, 3.05) is 0 Å². The highest BCUT2D eigenvalue weighted by atomic mass is 19.1. The fourth-order valence-electron chi connectivity index (χ4n) is 4.49. The van der Waals surface area contributed by atoms with Gasteiger partial charge in [-0.15, -0.1) is 0 Å². The van der Waals surface area contributed by atoms with E-state index in [1.54, 1.807) is 6.07 Å². The van der Waals surface area contributed by atoms with Crippen LogP contribution >= 0.6 is 0 Å². The van der Waals surface area contributed by atoms with Gasteiger partial charge in [0.25, 0.3) is 0 Å². The molecule has 1 atom stereocenters. The number of fused-ring (bicyclic) bond motifs is 3. The maximum atomic E-state index is 13.8. The largest absolute Gasteiger partial charge is 0.384 e. The van der Waals surface area contributed by atoms with E-state index in [4.69, 9.17) is 0 Å². The summed E-state index contributed by atoms with van der Waals surface area (Å²) in [5.74, 6) is -0.273. The summed E-state index contributed by atoms with van der Waals surface area (Å²) in [4.78, 5) is 0. The van der Waals surface area contributed by atoms with Crippen molar-refractivity contribution in [1.82, 2.24) is 0 Å². The van der Waals surface area contributed by atoms with Gasteiger partial charge in [0.15, 0.2) is 0 Å². The monoisotopic (exact) mass is 360 g/mol. The molecule has 1 aliphatic rings. The maximum absolute atomic E-state index is 13.8. The third-order valence-electron chi connectivity index (χ3n) is 6.14. The zero-order chi connectivity index (χ0) is 19.4. The van der Waals surface area contributed by atoms with Crippen molar-refractivity contribution in [3.8, 4) is 11.1 Å². The van der Waals surface area contributed by atoms with Gasteiger partial charge in [-0.3, -0.25) is 0 Å². The first-order valence-electron chi connectivity index (χ1n) is 9.42. The van der Waals surface area contributed by atoms with E-state index in [1.807, 2.05) is 18.2 Å². The summed E-state index contributed by atoms with van der Waals surface area (Å²) in [7, 11) is 0. The Kier molecular flexibility index (Phi) is 4.01. The van der Waals surface area contributed by atoms with Gasteiger partial charge in [-0.1, -0.05) is 73.5 Å². The fraction of sp³-hybridized carbons (Fsp3) is 0.280. The molecule has 4 rings (SSSR count). The Bertz CT molecular complexity index is 1030. The van der Waals surface area contributed by atoms with E-state index >= 15 is 0 Å². The molecular weight excluding hydrogens is 335 g/mol. The van der Waals surface area contributed by atoms with E-state index in [9.17, 15) is 9.50 Å². The maximum Gasteiger partial charge on any atom is 0.123 e. The van der Waals surface area contributed by atoms with Crippen LogP contribution in [0.4, 0.5) is 4.39 Å². The molecule has 0 radical (unpaired) electrons. The van der Waals surface area contributed by atoms with Crippen LogP contribution in [0.25, 0.3) is 11.1 Å². The van der Waals surface area contributed by atoms with Gasteiger partial charge in [-0.05, 0) is 53.8 Å². The molecule has 1 unspecified atom stereocenters. The Morgan fingerprint density at radius 2 is 1.41 bits per heavy atom. The summed E-state index contributed by atoms with van der Waals surface area (Å²) in [6.45, 7) is 8.34. The summed E-state index contributed by atoms with van der Waals surface area (Å²) in [6.07, 6.45) is 0.362. The summed E-state index contributed by atoms with van der Waals surface area (Å²) in [5.41, 5.74) is 5.81. The normalized spacial score (nSPS) is 20.1. The zero-order valence-corrected chi connectivity index (χ0v) is 16.3. The Morgan fingerprint density at radius 3 is 2.04 bits per heavy atom. The topological polar surface area (TPSA) is 20.2 Å². The molecule has 1 N–H and O–H groups in total. The molecule has 27 heavy (non-hydrogen) atoms. The third-order valence-corrected chi connectivity index (χ3v) is 6.14. The molecule has 0 spiro atoms. The van der Waals surface area contributed by atoms with Crippen molar-refractivity contribution in [1.29, 1.82) is 0 Å². The van der Waals surface area contributed by atoms with E-state index in [0.717, 1.165) is 27.8 Å². The average Bonchev–Trinajstić information content (AvgIpc) is 2.60. The highest BCUT2D eigenvalue weighted by molar-refractivity contribution is 5.78. The molecule has 0 heterocycles. The lowest BCUT2D eigenvalue weighted by atomic mass is 9.58. The molecule has 0 amide bonds. The van der Waals surface area contributed by atoms with Crippen LogP contribution in [-0.2, 0) is 17.4 Å². The molecular formula is C25H25FO. The lowest BCUT2D eigenvalue weighted by Gasteiger charge is -2.49. The molecule has 0 aromatic heterocycles. The first-order valence-corrected chi connectivity index (χ1v) is 9.42. The first-order chi connectivity index (χ1) is 12.7. The predicted molar refractivity (Wildman–Crippen MR) is 108 cm³/mol. The lowest BCUT2D eigenvalue weighted by molar-refractivity contribution is -0.0333. The minimum Gasteiger partial charge on any atom is -0.384 e. The van der Waals surface area contributed by atoms with Crippen LogP contribution in [0.5, 0.6) is 0 Å². The van der Waals surface area contributed by atoms with Gasteiger partial charge in [0.1, 0.15) is 11.4 Å². The minimum absolute atomic E-state index is 0.273. The molecule has 3 aromatic carbocycles. The van der Waals surface area contributed by atoms with Gasteiger partial charge < -0.3 is 5.11 Å². The van der Waals surface area contributed by atoms with Crippen LogP contribution in [0.1, 0.15) is 41.7 Å². The lowest BCUT2D eigenvalue weighted by Crippen LogP contribution is -2.49. The van der Waals surface area contributed by atoms with Crippen LogP contribution in [0, 0.1) is 19.7 Å². The Labute approximate surface area is 160 Å². The van der Waals surface area contributed by atoms with Crippen molar-refractivity contribution in [3.05, 3.63) is 94.3 Å². The Balaban J connectivity index is 1.98. The van der Waals surface area contributed by atoms with Gasteiger partial charge in [0.05, 0.1) is 0 Å². The molecule has 0 aliphatic heterocycles. The van der Waals surface area contributed by atoms with Crippen LogP contribution in [0.2, 0.25) is 0 Å². The smallest absolute Gasteiger partial charge is 0.123 e. The number of hydrogen-bond acceptors (Lipinski definition) is 1. The second-order valence-electron chi connectivity index (χ2n) is 8.39. The van der Waals surface area contributed by atoms with Gasteiger partial charge in [0, 0.05) is 11.8 Å². The van der Waals surface area contributed by atoms with Crippen molar-refractivity contribution in [3.63, 3.8) is 0 Å². The molecule has 3 aromatic rings. The molecule has 138 valence electrons. The van der Waals surface area contributed by atoms with Crippen molar-refractivity contribution in [2.24, 2.45) is 0 Å². The number of aryl methyl sites for hydroxylation is 2. The van der Waals surface area contributed by atoms with Crippen LogP contribution in [-0.4, -0.2) is 5.11 Å². The van der Waals surface area contributed by atoms with Crippen molar-refractivity contribution < 1.29 is 9.50 Å². The third kappa shape index (κ3) is 2.71. The predicted octanol–water partition coefficient (Wildman–Crippen LogP) is 5.83. The van der Waals surface area contributed by atoms with Crippen LogP contribution in [0.15, 0.2) is 60.7 Å². The molecule has 2 heteroatoms. The summed E-state index contributed by atoms with van der Waals surface area (Å²) >= 11 is 0. The first kappa shape index (κ1) is 17.9. The SMILES string of the molecule is Cc1ccc2c(c1)-c1cc(C)ccc1C(O)(Cc1cccc(F)c1)C2(C)C. The van der Waals surface area contributed by atoms with E-state index in [-0.39, 0.29) is 5.82 Å². The number of rotatable bonds is 2. The quantitative estimate of drug-likeness (QED) is 0.609. The second-order valence-corrected chi connectivity index (χ2v) is 8.39. The molecule has 0 saturated heterocycles. The van der Waals surface area contributed by atoms with E-state index in [0.29, 0.717) is 6.42 Å². The average molecular weight is 360 g/mol. The second kappa shape index (κ2) is 6.03. The zero-order valence-electron chi connectivity index (χ0n) is 16.3. The highest BCUT2D eigenvalue weighted by Crippen LogP contribution is 2.54. The van der Waals surface area contributed by atoms with E-state index < -0.39 is 11.0 Å². The highest BCUT2D eigenvalue weighted by Gasteiger charge is 2.51. The number of hydrogen-bond donors (Lipinski definition) is 1. The van der Waals surface area contributed by atoms with Crippen LogP contribution in [0.3, 0.4) is 0 Å².